The highest BCUT2D eigenvalue weighted by atomic mass is 79.9. The summed E-state index contributed by atoms with van der Waals surface area (Å²) in [7, 11) is 0. The van der Waals surface area contributed by atoms with E-state index in [1.54, 1.807) is 6.07 Å². The lowest BCUT2D eigenvalue weighted by Gasteiger charge is -2.12. The van der Waals surface area contributed by atoms with Crippen molar-refractivity contribution in [3.63, 3.8) is 0 Å². The lowest BCUT2D eigenvalue weighted by atomic mass is 9.98. The van der Waals surface area contributed by atoms with Gasteiger partial charge in [0.15, 0.2) is 5.78 Å². The standard InChI is InChI=1S/C16H14Br2O2/c1-3-20-15-8-7-11(17)9-13(15)16(19)12-5-4-6-14(18)10(12)2/h4-9H,3H2,1-2H3. The predicted molar refractivity (Wildman–Crippen MR) is 87.6 cm³/mol. The quantitative estimate of drug-likeness (QED) is 0.667. The van der Waals surface area contributed by atoms with E-state index in [1.807, 2.05) is 44.2 Å². The van der Waals surface area contributed by atoms with Crippen molar-refractivity contribution in [1.29, 1.82) is 0 Å². The molecular weight excluding hydrogens is 384 g/mol. The van der Waals surface area contributed by atoms with Crippen LogP contribution in [0.25, 0.3) is 0 Å². The van der Waals surface area contributed by atoms with Crippen LogP contribution in [0.1, 0.15) is 28.4 Å². The molecule has 2 aromatic rings. The number of ketones is 1. The Bertz CT molecular complexity index is 651. The number of ether oxygens (including phenoxy) is 1. The van der Waals surface area contributed by atoms with Crippen LogP contribution in [-0.2, 0) is 0 Å². The van der Waals surface area contributed by atoms with Crippen LogP contribution in [-0.4, -0.2) is 12.4 Å². The lowest BCUT2D eigenvalue weighted by Crippen LogP contribution is -2.07. The molecule has 104 valence electrons. The fourth-order valence-corrected chi connectivity index (χ4v) is 2.69. The van der Waals surface area contributed by atoms with Gasteiger partial charge in [-0.25, -0.2) is 0 Å². The zero-order valence-corrected chi connectivity index (χ0v) is 14.4. The van der Waals surface area contributed by atoms with Gasteiger partial charge in [-0.3, -0.25) is 4.79 Å². The molecule has 0 heterocycles. The number of hydrogen-bond acceptors (Lipinski definition) is 2. The second-order valence-corrected chi connectivity index (χ2v) is 6.09. The van der Waals surface area contributed by atoms with E-state index < -0.39 is 0 Å². The molecule has 0 fully saturated rings. The fraction of sp³-hybridized carbons (Fsp3) is 0.188. The van der Waals surface area contributed by atoms with Gasteiger partial charge in [0.2, 0.25) is 0 Å². The first-order valence-corrected chi connectivity index (χ1v) is 7.85. The summed E-state index contributed by atoms with van der Waals surface area (Å²) in [4.78, 5) is 12.7. The van der Waals surface area contributed by atoms with Crippen LogP contribution >= 0.6 is 31.9 Å². The Morgan fingerprint density at radius 1 is 1.15 bits per heavy atom. The smallest absolute Gasteiger partial charge is 0.197 e. The van der Waals surface area contributed by atoms with E-state index in [1.165, 1.54) is 0 Å². The Morgan fingerprint density at radius 2 is 1.90 bits per heavy atom. The zero-order valence-electron chi connectivity index (χ0n) is 11.2. The first kappa shape index (κ1) is 15.3. The van der Waals surface area contributed by atoms with Gasteiger partial charge in [0.05, 0.1) is 12.2 Å². The number of carbonyl (C=O) groups excluding carboxylic acids is 1. The minimum absolute atomic E-state index is 0.0337. The molecule has 0 radical (unpaired) electrons. The second-order valence-electron chi connectivity index (χ2n) is 4.32. The van der Waals surface area contributed by atoms with Crippen LogP contribution < -0.4 is 4.74 Å². The first-order chi connectivity index (χ1) is 9.54. The summed E-state index contributed by atoms with van der Waals surface area (Å²) in [6.45, 7) is 4.36. The lowest BCUT2D eigenvalue weighted by molar-refractivity contribution is 0.103. The summed E-state index contributed by atoms with van der Waals surface area (Å²) in [5.41, 5.74) is 2.18. The molecule has 0 unspecified atom stereocenters. The van der Waals surface area contributed by atoms with E-state index in [9.17, 15) is 4.79 Å². The van der Waals surface area contributed by atoms with E-state index in [0.717, 1.165) is 14.5 Å². The number of rotatable bonds is 4. The highest BCUT2D eigenvalue weighted by Crippen LogP contribution is 2.28. The van der Waals surface area contributed by atoms with Crippen LogP contribution in [0.4, 0.5) is 0 Å². The topological polar surface area (TPSA) is 26.3 Å². The molecule has 0 aliphatic carbocycles. The molecule has 0 atom stereocenters. The van der Waals surface area contributed by atoms with Crippen molar-refractivity contribution < 1.29 is 9.53 Å². The molecule has 0 spiro atoms. The maximum atomic E-state index is 12.7. The average molecular weight is 398 g/mol. The van der Waals surface area contributed by atoms with Crippen molar-refractivity contribution in [2.45, 2.75) is 13.8 Å². The Labute approximate surface area is 135 Å². The van der Waals surface area contributed by atoms with Crippen molar-refractivity contribution in [1.82, 2.24) is 0 Å². The van der Waals surface area contributed by atoms with Gasteiger partial charge in [0.1, 0.15) is 5.75 Å². The summed E-state index contributed by atoms with van der Waals surface area (Å²) < 4.78 is 7.34. The normalized spacial score (nSPS) is 10.4. The summed E-state index contributed by atoms with van der Waals surface area (Å²) >= 11 is 6.86. The van der Waals surface area contributed by atoms with Gasteiger partial charge in [-0.1, -0.05) is 44.0 Å². The molecule has 0 aromatic heterocycles. The maximum absolute atomic E-state index is 12.7. The number of hydrogen-bond donors (Lipinski definition) is 0. The molecular formula is C16H14Br2O2. The van der Waals surface area contributed by atoms with Gasteiger partial charge >= 0.3 is 0 Å². The molecule has 0 N–H and O–H groups in total. The summed E-state index contributed by atoms with van der Waals surface area (Å²) in [5.74, 6) is 0.577. The zero-order chi connectivity index (χ0) is 14.7. The molecule has 2 rings (SSSR count). The van der Waals surface area contributed by atoms with Crippen LogP contribution in [0.3, 0.4) is 0 Å². The van der Waals surface area contributed by atoms with Gasteiger partial charge < -0.3 is 4.74 Å². The molecule has 0 saturated heterocycles. The molecule has 20 heavy (non-hydrogen) atoms. The Hall–Kier alpha value is -1.13. The first-order valence-electron chi connectivity index (χ1n) is 6.26. The third-order valence-corrected chi connectivity index (χ3v) is 4.35. The Balaban J connectivity index is 2.52. The van der Waals surface area contributed by atoms with Crippen LogP contribution in [0.2, 0.25) is 0 Å². The summed E-state index contributed by atoms with van der Waals surface area (Å²) in [6.07, 6.45) is 0. The fourth-order valence-electron chi connectivity index (χ4n) is 1.96. The predicted octanol–water partition coefficient (Wildman–Crippen LogP) is 5.15. The van der Waals surface area contributed by atoms with Crippen LogP contribution in [0, 0.1) is 6.92 Å². The van der Waals surface area contributed by atoms with E-state index in [2.05, 4.69) is 31.9 Å². The van der Waals surface area contributed by atoms with Gasteiger partial charge in [-0.15, -0.1) is 0 Å². The average Bonchev–Trinajstić information content (AvgIpc) is 2.43. The van der Waals surface area contributed by atoms with Gasteiger partial charge in [0.25, 0.3) is 0 Å². The van der Waals surface area contributed by atoms with Crippen LogP contribution in [0.5, 0.6) is 5.75 Å². The summed E-state index contributed by atoms with van der Waals surface area (Å²) in [6, 6.07) is 11.1. The minimum atomic E-state index is -0.0337. The van der Waals surface area contributed by atoms with Crippen molar-refractivity contribution >= 4 is 37.6 Å². The number of benzene rings is 2. The number of halogens is 2. The highest BCUT2D eigenvalue weighted by molar-refractivity contribution is 9.10. The van der Waals surface area contributed by atoms with Crippen molar-refractivity contribution in [2.24, 2.45) is 0 Å². The van der Waals surface area contributed by atoms with Gasteiger partial charge in [-0.2, -0.15) is 0 Å². The molecule has 2 aromatic carbocycles. The SMILES string of the molecule is CCOc1ccc(Br)cc1C(=O)c1cccc(Br)c1C. The Kier molecular flexibility index (Phi) is 5.00. The maximum Gasteiger partial charge on any atom is 0.197 e. The monoisotopic (exact) mass is 396 g/mol. The molecule has 0 aliphatic heterocycles. The van der Waals surface area contributed by atoms with E-state index in [-0.39, 0.29) is 5.78 Å². The minimum Gasteiger partial charge on any atom is -0.493 e. The van der Waals surface area contributed by atoms with Crippen molar-refractivity contribution in [3.05, 3.63) is 62.0 Å². The second kappa shape index (κ2) is 6.55. The molecule has 0 saturated carbocycles. The molecule has 4 heteroatoms. The van der Waals surface area contributed by atoms with E-state index in [0.29, 0.717) is 23.5 Å². The Morgan fingerprint density at radius 3 is 2.60 bits per heavy atom. The molecule has 0 amide bonds. The van der Waals surface area contributed by atoms with Crippen molar-refractivity contribution in [2.75, 3.05) is 6.61 Å². The van der Waals surface area contributed by atoms with Crippen molar-refractivity contribution in [3.8, 4) is 5.75 Å². The molecule has 0 bridgehead atoms. The number of carbonyl (C=O) groups is 1. The van der Waals surface area contributed by atoms with Gasteiger partial charge in [-0.05, 0) is 43.7 Å². The van der Waals surface area contributed by atoms with Gasteiger partial charge in [0, 0.05) is 14.5 Å². The molecule has 2 nitrogen and oxygen atoms in total. The largest absolute Gasteiger partial charge is 0.493 e. The third kappa shape index (κ3) is 3.13. The van der Waals surface area contributed by atoms with Crippen LogP contribution in [0.15, 0.2) is 45.3 Å². The highest BCUT2D eigenvalue weighted by Gasteiger charge is 2.17. The third-order valence-electron chi connectivity index (χ3n) is 3.00. The van der Waals surface area contributed by atoms with E-state index in [4.69, 9.17) is 4.74 Å². The van der Waals surface area contributed by atoms with E-state index >= 15 is 0 Å². The summed E-state index contributed by atoms with van der Waals surface area (Å²) in [5, 5.41) is 0. The molecule has 0 aliphatic rings.